The normalized spacial score (nSPS) is 11.1. The van der Waals surface area contributed by atoms with E-state index in [2.05, 4.69) is 30.4 Å². The third-order valence-electron chi connectivity index (χ3n) is 1.95. The summed E-state index contributed by atoms with van der Waals surface area (Å²) in [6, 6.07) is 0.983. The van der Waals surface area contributed by atoms with Crippen molar-refractivity contribution < 1.29 is 32.2 Å². The summed E-state index contributed by atoms with van der Waals surface area (Å²) in [5.74, 6) is -2.06. The average Bonchev–Trinajstić information content (AvgIpc) is 2.34. The van der Waals surface area contributed by atoms with Crippen molar-refractivity contribution in [3.05, 3.63) is 17.3 Å². The molecular formula is C10H9BrF3NO4. The van der Waals surface area contributed by atoms with Crippen molar-refractivity contribution in [3.8, 4) is 11.6 Å². The van der Waals surface area contributed by atoms with Gasteiger partial charge >= 0.3 is 12.3 Å². The Bertz CT molecular complexity index is 479. The van der Waals surface area contributed by atoms with E-state index in [4.69, 9.17) is 4.74 Å². The number of hydrogen-bond donors (Lipinski definition) is 0. The first-order valence-corrected chi connectivity index (χ1v) is 5.92. The minimum atomic E-state index is -4.95. The number of halogens is 4. The van der Waals surface area contributed by atoms with Gasteiger partial charge in [-0.05, 0) is 0 Å². The van der Waals surface area contributed by atoms with E-state index in [9.17, 15) is 18.0 Å². The Kier molecular flexibility index (Phi) is 4.98. The Hall–Kier alpha value is -1.51. The van der Waals surface area contributed by atoms with Crippen molar-refractivity contribution in [2.24, 2.45) is 0 Å². The molecule has 0 aliphatic heterocycles. The minimum absolute atomic E-state index is 0.166. The lowest BCUT2D eigenvalue weighted by atomic mass is 10.2. The van der Waals surface area contributed by atoms with Crippen molar-refractivity contribution >= 4 is 21.9 Å². The molecule has 0 aliphatic carbocycles. The summed E-state index contributed by atoms with van der Waals surface area (Å²) in [6.07, 6.45) is -4.95. The molecule has 0 saturated carbocycles. The molecule has 1 aromatic heterocycles. The highest BCUT2D eigenvalue weighted by atomic mass is 79.9. The fraction of sp³-hybridized carbons (Fsp3) is 0.400. The van der Waals surface area contributed by atoms with Crippen molar-refractivity contribution in [2.45, 2.75) is 11.7 Å². The monoisotopic (exact) mass is 343 g/mol. The lowest BCUT2D eigenvalue weighted by Gasteiger charge is -2.15. The topological polar surface area (TPSA) is 57.7 Å². The number of ether oxygens (including phenoxy) is 3. The molecule has 5 nitrogen and oxygen atoms in total. The predicted molar refractivity (Wildman–Crippen MR) is 61.4 cm³/mol. The fourth-order valence-corrected chi connectivity index (χ4v) is 1.55. The van der Waals surface area contributed by atoms with E-state index in [-0.39, 0.29) is 16.9 Å². The van der Waals surface area contributed by atoms with Gasteiger partial charge in [0.25, 0.3) is 0 Å². The van der Waals surface area contributed by atoms with Gasteiger partial charge in [0.15, 0.2) is 11.3 Å². The van der Waals surface area contributed by atoms with Gasteiger partial charge in [-0.3, -0.25) is 0 Å². The van der Waals surface area contributed by atoms with Crippen LogP contribution in [0.25, 0.3) is 0 Å². The summed E-state index contributed by atoms with van der Waals surface area (Å²) in [6.45, 7) is 0. The molecule has 19 heavy (non-hydrogen) atoms. The van der Waals surface area contributed by atoms with Crippen LogP contribution in [0.4, 0.5) is 13.2 Å². The van der Waals surface area contributed by atoms with Crippen LogP contribution in [0.2, 0.25) is 0 Å². The van der Waals surface area contributed by atoms with Crippen molar-refractivity contribution in [2.75, 3.05) is 14.2 Å². The molecule has 0 N–H and O–H groups in total. The molecule has 0 bridgehead atoms. The first kappa shape index (κ1) is 15.5. The quantitative estimate of drug-likeness (QED) is 0.621. The molecular weight excluding hydrogens is 335 g/mol. The number of esters is 1. The second-order valence-corrected chi connectivity index (χ2v) is 3.73. The highest BCUT2D eigenvalue weighted by Crippen LogP contribution is 2.33. The van der Waals surface area contributed by atoms with Gasteiger partial charge < -0.3 is 14.2 Å². The standard InChI is InChI=1S/C10H9BrF3NO4/c1-17-8-7(9(16)18-2)6(19-10(12,13)14)3-5(4-11)15-8/h3H,4H2,1-2H3. The molecule has 0 spiro atoms. The van der Waals surface area contributed by atoms with Crippen molar-refractivity contribution in [1.29, 1.82) is 0 Å². The van der Waals surface area contributed by atoms with Gasteiger partial charge in [0.1, 0.15) is 0 Å². The van der Waals surface area contributed by atoms with E-state index >= 15 is 0 Å². The van der Waals surface area contributed by atoms with Gasteiger partial charge in [-0.25, -0.2) is 9.78 Å². The summed E-state index contributed by atoms with van der Waals surface area (Å²) in [5, 5.41) is 0.166. The molecule has 0 saturated heterocycles. The zero-order valence-corrected chi connectivity index (χ0v) is 11.5. The summed E-state index contributed by atoms with van der Waals surface area (Å²) in [4.78, 5) is 15.4. The summed E-state index contributed by atoms with van der Waals surface area (Å²) < 4.78 is 49.9. The van der Waals surface area contributed by atoms with Crippen molar-refractivity contribution in [3.63, 3.8) is 0 Å². The van der Waals surface area contributed by atoms with E-state index in [1.165, 1.54) is 7.11 Å². The van der Waals surface area contributed by atoms with E-state index in [1.54, 1.807) is 0 Å². The average molecular weight is 344 g/mol. The van der Waals surface area contributed by atoms with Gasteiger partial charge in [-0.15, -0.1) is 13.2 Å². The third-order valence-corrected chi connectivity index (χ3v) is 2.52. The molecule has 1 aromatic rings. The molecule has 0 amide bonds. The maximum Gasteiger partial charge on any atom is 0.573 e. The zero-order chi connectivity index (χ0) is 14.6. The smallest absolute Gasteiger partial charge is 0.480 e. The van der Waals surface area contributed by atoms with Crippen molar-refractivity contribution in [1.82, 2.24) is 4.98 Å². The molecule has 0 radical (unpaired) electrons. The van der Waals surface area contributed by atoms with E-state index < -0.39 is 23.6 Å². The highest BCUT2D eigenvalue weighted by molar-refractivity contribution is 9.08. The maximum atomic E-state index is 12.3. The van der Waals surface area contributed by atoms with E-state index in [1.807, 2.05) is 0 Å². The molecule has 0 fully saturated rings. The Labute approximate surface area is 114 Å². The number of alkyl halides is 4. The SMILES string of the molecule is COC(=O)c1c(OC(F)(F)F)cc(CBr)nc1OC. The largest absolute Gasteiger partial charge is 0.573 e. The van der Waals surface area contributed by atoms with Crippen LogP contribution >= 0.6 is 15.9 Å². The lowest BCUT2D eigenvalue weighted by molar-refractivity contribution is -0.274. The third kappa shape index (κ3) is 3.98. The lowest BCUT2D eigenvalue weighted by Crippen LogP contribution is -2.20. The minimum Gasteiger partial charge on any atom is -0.480 e. The maximum absolute atomic E-state index is 12.3. The van der Waals surface area contributed by atoms with Crippen LogP contribution in [0.15, 0.2) is 6.07 Å². The number of methoxy groups -OCH3 is 2. The number of hydrogen-bond acceptors (Lipinski definition) is 5. The molecule has 1 heterocycles. The Morgan fingerprint density at radius 1 is 1.42 bits per heavy atom. The van der Waals surface area contributed by atoms with E-state index in [0.29, 0.717) is 0 Å². The Balaban J connectivity index is 3.41. The van der Waals surface area contributed by atoms with Gasteiger partial charge in [0.2, 0.25) is 5.88 Å². The molecule has 0 unspecified atom stereocenters. The Morgan fingerprint density at radius 3 is 2.47 bits per heavy atom. The van der Waals surface area contributed by atoms with Gasteiger partial charge in [-0.1, -0.05) is 15.9 Å². The molecule has 0 aromatic carbocycles. The van der Waals surface area contributed by atoms with Crippen LogP contribution in [0.1, 0.15) is 16.1 Å². The summed E-state index contributed by atoms with van der Waals surface area (Å²) in [5.41, 5.74) is -0.309. The second kappa shape index (κ2) is 6.09. The molecule has 9 heteroatoms. The second-order valence-electron chi connectivity index (χ2n) is 3.17. The van der Waals surface area contributed by atoms with Crippen LogP contribution in [0, 0.1) is 0 Å². The summed E-state index contributed by atoms with van der Waals surface area (Å²) >= 11 is 3.04. The number of rotatable bonds is 4. The number of nitrogens with zero attached hydrogens (tertiary/aromatic N) is 1. The van der Waals surface area contributed by atoms with Crippen LogP contribution in [0.3, 0.4) is 0 Å². The van der Waals surface area contributed by atoms with Crippen LogP contribution in [0.5, 0.6) is 11.6 Å². The van der Waals surface area contributed by atoms with Gasteiger partial charge in [0.05, 0.1) is 19.9 Å². The van der Waals surface area contributed by atoms with Crippen LogP contribution in [-0.2, 0) is 10.1 Å². The van der Waals surface area contributed by atoms with Crippen LogP contribution in [-0.4, -0.2) is 31.5 Å². The fourth-order valence-electron chi connectivity index (χ4n) is 1.26. The molecule has 1 rings (SSSR count). The van der Waals surface area contributed by atoms with E-state index in [0.717, 1.165) is 13.2 Å². The molecule has 0 aliphatic rings. The van der Waals surface area contributed by atoms with Crippen LogP contribution < -0.4 is 9.47 Å². The van der Waals surface area contributed by atoms with Gasteiger partial charge in [-0.2, -0.15) is 0 Å². The Morgan fingerprint density at radius 2 is 2.05 bits per heavy atom. The van der Waals surface area contributed by atoms with Gasteiger partial charge in [0, 0.05) is 11.4 Å². The number of carbonyl (C=O) groups is 1. The molecule has 106 valence electrons. The predicted octanol–water partition coefficient (Wildman–Crippen LogP) is 2.67. The number of carbonyl (C=O) groups excluding carboxylic acids is 1. The zero-order valence-electron chi connectivity index (χ0n) is 9.88. The first-order valence-electron chi connectivity index (χ1n) is 4.80. The highest BCUT2D eigenvalue weighted by Gasteiger charge is 2.35. The number of aromatic nitrogens is 1. The summed E-state index contributed by atoms with van der Waals surface area (Å²) in [7, 11) is 2.20. The first-order chi connectivity index (χ1) is 8.82. The molecule has 0 atom stereocenters. The number of pyridine rings is 1.